The summed E-state index contributed by atoms with van der Waals surface area (Å²) in [4.78, 5) is 5.07. The lowest BCUT2D eigenvalue weighted by Gasteiger charge is -2.12. The van der Waals surface area contributed by atoms with Crippen molar-refractivity contribution in [1.82, 2.24) is 4.98 Å². The van der Waals surface area contributed by atoms with Crippen molar-refractivity contribution in [3.8, 4) is 55.9 Å². The standard InChI is InChI=1S/C46H29NO/c1-3-11-31(12-4-1)40-26-35(27-41(47-40)32-13-5-2-6-14-32)29-19-21-30(22-20-29)39-28-43-45(38-18-10-9-17-37(38)39)46-42(48-43)24-23-34-25-33-15-7-8-16-36(33)44(34)46/h1-24,26-28H,25H2. The van der Waals surface area contributed by atoms with Crippen LogP contribution in [-0.2, 0) is 6.42 Å². The summed E-state index contributed by atoms with van der Waals surface area (Å²) in [5.74, 6) is 0. The number of benzene rings is 7. The van der Waals surface area contributed by atoms with Crippen LogP contribution in [-0.4, -0.2) is 4.98 Å². The van der Waals surface area contributed by atoms with Crippen LogP contribution < -0.4 is 0 Å². The molecule has 0 unspecified atom stereocenters. The van der Waals surface area contributed by atoms with Gasteiger partial charge in [-0.3, -0.25) is 0 Å². The van der Waals surface area contributed by atoms with E-state index in [9.17, 15) is 0 Å². The molecule has 0 radical (unpaired) electrons. The maximum atomic E-state index is 6.66. The third kappa shape index (κ3) is 4.23. The smallest absolute Gasteiger partial charge is 0.136 e. The Bertz CT molecular complexity index is 2610. The van der Waals surface area contributed by atoms with Crippen molar-refractivity contribution in [2.75, 3.05) is 0 Å². The summed E-state index contributed by atoms with van der Waals surface area (Å²) >= 11 is 0. The average molecular weight is 612 g/mol. The lowest BCUT2D eigenvalue weighted by Crippen LogP contribution is -1.91. The van der Waals surface area contributed by atoms with Gasteiger partial charge in [0.05, 0.1) is 11.4 Å². The molecule has 0 bridgehead atoms. The molecule has 9 aromatic rings. The summed E-state index contributed by atoms with van der Waals surface area (Å²) < 4.78 is 6.66. The maximum absolute atomic E-state index is 6.66. The Morgan fingerprint density at radius 3 is 1.75 bits per heavy atom. The molecule has 2 heterocycles. The molecule has 10 rings (SSSR count). The fraction of sp³-hybridized carbons (Fsp3) is 0.0217. The zero-order valence-corrected chi connectivity index (χ0v) is 26.2. The van der Waals surface area contributed by atoms with Crippen LogP contribution in [0.5, 0.6) is 0 Å². The van der Waals surface area contributed by atoms with E-state index in [-0.39, 0.29) is 0 Å². The molecule has 2 nitrogen and oxygen atoms in total. The minimum atomic E-state index is 0.926. The van der Waals surface area contributed by atoms with E-state index < -0.39 is 0 Å². The number of hydrogen-bond donors (Lipinski definition) is 0. The Hall–Kier alpha value is -6.25. The molecule has 0 saturated heterocycles. The Morgan fingerprint density at radius 2 is 1.02 bits per heavy atom. The summed E-state index contributed by atoms with van der Waals surface area (Å²) in [7, 11) is 0. The van der Waals surface area contributed by atoms with Crippen molar-refractivity contribution >= 4 is 32.7 Å². The van der Waals surface area contributed by atoms with E-state index in [1.165, 1.54) is 49.4 Å². The van der Waals surface area contributed by atoms with Crippen molar-refractivity contribution < 1.29 is 4.42 Å². The molecule has 0 N–H and O–H groups in total. The van der Waals surface area contributed by atoms with Crippen LogP contribution in [0.4, 0.5) is 0 Å². The predicted molar refractivity (Wildman–Crippen MR) is 199 cm³/mol. The molecule has 1 aliphatic rings. The fourth-order valence-electron chi connectivity index (χ4n) is 7.64. The van der Waals surface area contributed by atoms with E-state index in [1.54, 1.807) is 0 Å². The Morgan fingerprint density at radius 1 is 0.396 bits per heavy atom. The van der Waals surface area contributed by atoms with Crippen molar-refractivity contribution in [1.29, 1.82) is 0 Å². The SMILES string of the molecule is c1ccc(-c2cc(-c3ccc(-c4cc5oc6ccc7c(c6c5c5ccccc45)-c4ccccc4C7)cc3)cc(-c3ccccc3)n2)cc1. The molecule has 224 valence electrons. The van der Waals surface area contributed by atoms with Crippen LogP contribution in [0.25, 0.3) is 88.6 Å². The van der Waals surface area contributed by atoms with Gasteiger partial charge in [0.15, 0.2) is 0 Å². The first-order valence-corrected chi connectivity index (χ1v) is 16.5. The van der Waals surface area contributed by atoms with Gasteiger partial charge in [-0.15, -0.1) is 0 Å². The van der Waals surface area contributed by atoms with Gasteiger partial charge in [-0.05, 0) is 86.0 Å². The van der Waals surface area contributed by atoms with E-state index in [4.69, 9.17) is 9.40 Å². The van der Waals surface area contributed by atoms with Gasteiger partial charge < -0.3 is 4.42 Å². The molecule has 0 spiro atoms. The predicted octanol–water partition coefficient (Wildman–Crippen LogP) is 12.4. The molecule has 0 fully saturated rings. The third-order valence-electron chi connectivity index (χ3n) is 9.89. The second-order valence-electron chi connectivity index (χ2n) is 12.7. The zero-order valence-electron chi connectivity index (χ0n) is 26.2. The molecule has 0 saturated carbocycles. The molecule has 2 aromatic heterocycles. The van der Waals surface area contributed by atoms with Crippen molar-refractivity contribution in [3.63, 3.8) is 0 Å². The normalized spacial score (nSPS) is 12.1. The molecule has 0 atom stereocenters. The Kier molecular flexibility index (Phi) is 5.97. The third-order valence-corrected chi connectivity index (χ3v) is 9.89. The zero-order chi connectivity index (χ0) is 31.6. The lowest BCUT2D eigenvalue weighted by atomic mass is 9.92. The van der Waals surface area contributed by atoms with Gasteiger partial charge in [0.1, 0.15) is 11.2 Å². The summed E-state index contributed by atoms with van der Waals surface area (Å²) in [6.45, 7) is 0. The monoisotopic (exact) mass is 611 g/mol. The van der Waals surface area contributed by atoms with Crippen LogP contribution in [0.15, 0.2) is 168 Å². The number of hydrogen-bond acceptors (Lipinski definition) is 2. The minimum Gasteiger partial charge on any atom is -0.456 e. The largest absolute Gasteiger partial charge is 0.456 e. The Labute approximate surface area is 278 Å². The minimum absolute atomic E-state index is 0.926. The van der Waals surface area contributed by atoms with Gasteiger partial charge in [0, 0.05) is 21.9 Å². The highest BCUT2D eigenvalue weighted by molar-refractivity contribution is 6.26. The highest BCUT2D eigenvalue weighted by atomic mass is 16.3. The highest BCUT2D eigenvalue weighted by Gasteiger charge is 2.25. The second-order valence-corrected chi connectivity index (χ2v) is 12.7. The average Bonchev–Trinajstić information content (AvgIpc) is 3.73. The van der Waals surface area contributed by atoms with Gasteiger partial charge in [0.2, 0.25) is 0 Å². The molecule has 48 heavy (non-hydrogen) atoms. The lowest BCUT2D eigenvalue weighted by molar-refractivity contribution is 0.669. The van der Waals surface area contributed by atoms with Gasteiger partial charge in [-0.1, -0.05) is 140 Å². The topological polar surface area (TPSA) is 26.0 Å². The molecular formula is C46H29NO. The number of fused-ring (bicyclic) bond motifs is 9. The Balaban J connectivity index is 1.12. The van der Waals surface area contributed by atoms with Crippen molar-refractivity contribution in [3.05, 3.63) is 175 Å². The van der Waals surface area contributed by atoms with Crippen LogP contribution in [0.2, 0.25) is 0 Å². The molecule has 2 heteroatoms. The van der Waals surface area contributed by atoms with E-state index in [2.05, 4.69) is 152 Å². The number of aromatic nitrogens is 1. The first-order valence-electron chi connectivity index (χ1n) is 16.5. The molecule has 1 aliphatic carbocycles. The van der Waals surface area contributed by atoms with Crippen LogP contribution in [0, 0.1) is 0 Å². The molecule has 0 amide bonds. The summed E-state index contributed by atoms with van der Waals surface area (Å²) in [5, 5.41) is 4.88. The van der Waals surface area contributed by atoms with Gasteiger partial charge in [-0.2, -0.15) is 0 Å². The fourth-order valence-corrected chi connectivity index (χ4v) is 7.64. The quantitative estimate of drug-likeness (QED) is 0.198. The second kappa shape index (κ2) is 10.7. The first-order chi connectivity index (χ1) is 23.8. The van der Waals surface area contributed by atoms with Crippen molar-refractivity contribution in [2.45, 2.75) is 6.42 Å². The van der Waals surface area contributed by atoms with E-state index in [0.29, 0.717) is 0 Å². The molecular weight excluding hydrogens is 583 g/mol. The van der Waals surface area contributed by atoms with Crippen LogP contribution in [0.1, 0.15) is 11.1 Å². The number of furan rings is 1. The van der Waals surface area contributed by atoms with Gasteiger partial charge in [0.25, 0.3) is 0 Å². The molecule has 7 aromatic carbocycles. The van der Waals surface area contributed by atoms with Gasteiger partial charge >= 0.3 is 0 Å². The summed E-state index contributed by atoms with van der Waals surface area (Å²) in [6, 6.07) is 58.4. The maximum Gasteiger partial charge on any atom is 0.136 e. The highest BCUT2D eigenvalue weighted by Crippen LogP contribution is 2.48. The van der Waals surface area contributed by atoms with Crippen LogP contribution in [0.3, 0.4) is 0 Å². The van der Waals surface area contributed by atoms with Crippen molar-refractivity contribution in [2.24, 2.45) is 0 Å². The van der Waals surface area contributed by atoms with Crippen LogP contribution >= 0.6 is 0 Å². The van der Waals surface area contributed by atoms with Gasteiger partial charge in [-0.25, -0.2) is 4.98 Å². The number of nitrogens with zero attached hydrogens (tertiary/aromatic N) is 1. The van der Waals surface area contributed by atoms with E-state index in [0.717, 1.165) is 56.8 Å². The number of pyridine rings is 1. The number of rotatable bonds is 4. The molecule has 0 aliphatic heterocycles. The van der Waals surface area contributed by atoms with E-state index >= 15 is 0 Å². The first kappa shape index (κ1) is 26.9. The van der Waals surface area contributed by atoms with E-state index in [1.807, 2.05) is 12.1 Å². The summed E-state index contributed by atoms with van der Waals surface area (Å²) in [5.41, 5.74) is 16.0. The summed E-state index contributed by atoms with van der Waals surface area (Å²) in [6.07, 6.45) is 0.966.